The Morgan fingerprint density at radius 3 is 1.82 bits per heavy atom. The number of hydrogen-bond acceptors (Lipinski definition) is 14. The zero-order valence-electron chi connectivity index (χ0n) is 38.0. The molecule has 0 radical (unpaired) electrons. The van der Waals surface area contributed by atoms with Gasteiger partial charge in [-0.1, -0.05) is 13.8 Å². The lowest BCUT2D eigenvalue weighted by Crippen LogP contribution is -2.62. The third-order valence-corrected chi connectivity index (χ3v) is 11.4. The van der Waals surface area contributed by atoms with Crippen molar-refractivity contribution in [2.24, 2.45) is 44.6 Å². The summed E-state index contributed by atoms with van der Waals surface area (Å²) in [7, 11) is 0. The van der Waals surface area contributed by atoms with Gasteiger partial charge in [0.15, 0.2) is 11.9 Å². The lowest BCUT2D eigenvalue weighted by molar-refractivity contribution is -0.146. The van der Waals surface area contributed by atoms with E-state index in [0.29, 0.717) is 18.6 Å². The molecule has 0 aromatic rings. The van der Waals surface area contributed by atoms with Crippen molar-refractivity contribution in [3.63, 3.8) is 0 Å². The summed E-state index contributed by atoms with van der Waals surface area (Å²) in [5.41, 5.74) is 28.0. The van der Waals surface area contributed by atoms with Gasteiger partial charge in [0.25, 0.3) is 0 Å². The Balaban J connectivity index is 3.43. The van der Waals surface area contributed by atoms with Gasteiger partial charge in [-0.2, -0.15) is 37.0 Å². The van der Waals surface area contributed by atoms with Crippen molar-refractivity contribution in [2.45, 2.75) is 133 Å². The summed E-state index contributed by atoms with van der Waals surface area (Å²) in [5.74, 6) is -6.30. The fourth-order valence-electron chi connectivity index (χ4n) is 6.53. The van der Waals surface area contributed by atoms with E-state index in [1.807, 2.05) is 20.1 Å². The molecule has 0 aromatic carbocycles. The quantitative estimate of drug-likeness (QED) is 0.0153. The Morgan fingerprint density at radius 2 is 1.31 bits per heavy atom. The van der Waals surface area contributed by atoms with Crippen LogP contribution in [0.2, 0.25) is 0 Å². The first-order valence-electron chi connectivity index (χ1n) is 21.4. The van der Waals surface area contributed by atoms with E-state index in [2.05, 4.69) is 67.1 Å². The normalized spacial score (nSPS) is 16.6. The van der Waals surface area contributed by atoms with Crippen molar-refractivity contribution in [1.82, 2.24) is 36.8 Å². The summed E-state index contributed by atoms with van der Waals surface area (Å²) in [6.07, 6.45) is 4.14. The first-order valence-corrected chi connectivity index (χ1v) is 23.9. The third-order valence-electron chi connectivity index (χ3n) is 10.1. The molecule has 65 heavy (non-hydrogen) atoms. The Kier molecular flexibility index (Phi) is 26.7. The van der Waals surface area contributed by atoms with Crippen molar-refractivity contribution >= 4 is 96.3 Å². The first kappa shape index (κ1) is 58.3. The molecule has 1 rings (SSSR count). The molecule has 26 heteroatoms. The Labute approximate surface area is 396 Å². The van der Waals surface area contributed by atoms with Crippen molar-refractivity contribution in [3.05, 3.63) is 0 Å². The summed E-state index contributed by atoms with van der Waals surface area (Å²) in [6.45, 7) is 6.78. The number of piperidine rings is 1. The van der Waals surface area contributed by atoms with Gasteiger partial charge in [-0.15, -0.1) is 0 Å². The molecular formula is C39H72N14O9S3. The lowest BCUT2D eigenvalue weighted by atomic mass is 9.98. The molecule has 7 amide bonds. The number of aliphatic imine (C=N–C) groups is 2. The summed E-state index contributed by atoms with van der Waals surface area (Å²) < 4.78 is -0.885. The van der Waals surface area contributed by atoms with Crippen molar-refractivity contribution in [2.75, 3.05) is 43.9 Å². The number of aliphatic carboxylic acids is 1. The number of thioether (sulfide) groups is 1. The largest absolute Gasteiger partial charge is 0.480 e. The highest BCUT2D eigenvalue weighted by Crippen LogP contribution is 2.21. The summed E-state index contributed by atoms with van der Waals surface area (Å²) in [6, 6.07) is -8.07. The van der Waals surface area contributed by atoms with E-state index in [0.717, 1.165) is 0 Å². The third kappa shape index (κ3) is 22.4. The number of amides is 7. The molecule has 1 saturated heterocycles. The fourth-order valence-corrected chi connectivity index (χ4v) is 7.36. The van der Waals surface area contributed by atoms with Crippen LogP contribution in [0.4, 0.5) is 0 Å². The predicted octanol–water partition coefficient (Wildman–Crippen LogP) is -3.14. The van der Waals surface area contributed by atoms with Crippen LogP contribution in [0.15, 0.2) is 9.98 Å². The molecule has 0 unspecified atom stereocenters. The maximum atomic E-state index is 14.2. The second-order valence-corrected chi connectivity index (χ2v) is 19.1. The number of likely N-dealkylation sites (tertiary alicyclic amines) is 1. The van der Waals surface area contributed by atoms with Crippen LogP contribution < -0.4 is 60.6 Å². The van der Waals surface area contributed by atoms with Gasteiger partial charge in [0.1, 0.15) is 36.3 Å². The number of rotatable bonds is 29. The number of carboxylic acid groups (broad SMARTS) is 1. The highest BCUT2D eigenvalue weighted by atomic mass is 32.2. The predicted molar refractivity (Wildman–Crippen MR) is 257 cm³/mol. The molecule has 0 aromatic heterocycles. The lowest BCUT2D eigenvalue weighted by Gasteiger charge is -2.38. The first-order chi connectivity index (χ1) is 30.4. The minimum Gasteiger partial charge on any atom is -0.480 e. The van der Waals surface area contributed by atoms with Gasteiger partial charge in [-0.05, 0) is 89.6 Å². The van der Waals surface area contributed by atoms with Crippen LogP contribution in [-0.2, 0) is 38.4 Å². The van der Waals surface area contributed by atoms with Crippen molar-refractivity contribution in [3.8, 4) is 0 Å². The van der Waals surface area contributed by atoms with Crippen LogP contribution in [0.3, 0.4) is 0 Å². The topological polar surface area (TPSA) is 387 Å². The summed E-state index contributed by atoms with van der Waals surface area (Å²) >= 11 is 9.81. The summed E-state index contributed by atoms with van der Waals surface area (Å²) in [5, 5.41) is 24.8. The molecule has 0 bridgehead atoms. The second-order valence-electron chi connectivity index (χ2n) is 16.6. The molecule has 0 spiro atoms. The van der Waals surface area contributed by atoms with Crippen LogP contribution in [0.25, 0.3) is 0 Å². The van der Waals surface area contributed by atoms with Gasteiger partial charge < -0.3 is 70.6 Å². The van der Waals surface area contributed by atoms with Gasteiger partial charge in [0, 0.05) is 30.1 Å². The monoisotopic (exact) mass is 976 g/mol. The van der Waals surface area contributed by atoms with Crippen LogP contribution in [0.5, 0.6) is 0 Å². The van der Waals surface area contributed by atoms with Gasteiger partial charge in [-0.3, -0.25) is 43.5 Å². The molecule has 370 valence electrons. The molecule has 1 aliphatic heterocycles. The van der Waals surface area contributed by atoms with Gasteiger partial charge in [0.05, 0.1) is 12.6 Å². The Morgan fingerprint density at radius 1 is 0.769 bits per heavy atom. The van der Waals surface area contributed by atoms with Gasteiger partial charge in [-0.25, -0.2) is 4.79 Å². The number of carbonyl (C=O) groups excluding carboxylic acids is 7. The Bertz CT molecular complexity index is 1680. The molecule has 0 aliphatic carbocycles. The minimum absolute atomic E-state index is 0.00537. The smallest absolute Gasteiger partial charge is 0.327 e. The number of nitrogens with one attached hydrogen (secondary N) is 6. The van der Waals surface area contributed by atoms with Gasteiger partial charge >= 0.3 is 5.97 Å². The van der Waals surface area contributed by atoms with E-state index < -0.39 is 101 Å². The molecule has 17 N–H and O–H groups in total. The van der Waals surface area contributed by atoms with Crippen LogP contribution in [-0.4, -0.2) is 160 Å². The summed E-state index contributed by atoms with van der Waals surface area (Å²) in [4.78, 5) is 116. The van der Waals surface area contributed by atoms with Crippen LogP contribution >= 0.6 is 37.0 Å². The van der Waals surface area contributed by atoms with Gasteiger partial charge in [0.2, 0.25) is 41.4 Å². The molecule has 0 saturated carbocycles. The molecule has 1 heterocycles. The second kappa shape index (κ2) is 29.8. The average molecular weight is 977 g/mol. The van der Waals surface area contributed by atoms with E-state index in [1.54, 1.807) is 13.8 Å². The highest BCUT2D eigenvalue weighted by Gasteiger charge is 2.39. The number of carboxylic acids is 1. The van der Waals surface area contributed by atoms with E-state index in [9.17, 15) is 43.5 Å². The molecular weight excluding hydrogens is 905 g/mol. The van der Waals surface area contributed by atoms with E-state index in [-0.39, 0.29) is 88.2 Å². The standard InChI is InChI=1S/C39H72N14O9S3/c1-21(2)18-25(32(57)49-22(10-8-14-45-37(41)42)30(55)47-19-28(54)48-26(20-63)36(61)62)52-31(56)23(11-9-15-46-38(43)44)50-33(58)27-12-6-7-16-53(27)35(60)24(13-17-65-5)51-34(59)29(40)39(3,4)64/h21-27,29,63-64H,6-20,40H2,1-5H3,(H,47,55)(H,48,54)(H,49,57)(H,50,58)(H,51,59)(H,52,56)(H,61,62)(H4,41,42,45)(H4,43,44,46)/t22-,23-,24-,25-,26-,27-,29+/m0/s1. The van der Waals surface area contributed by atoms with E-state index in [1.165, 1.54) is 16.7 Å². The number of nitrogens with two attached hydrogens (primary N) is 5. The van der Waals surface area contributed by atoms with Crippen LogP contribution in [0.1, 0.15) is 85.5 Å². The van der Waals surface area contributed by atoms with E-state index >= 15 is 0 Å². The number of carbonyl (C=O) groups is 8. The number of hydrogen-bond donors (Lipinski definition) is 14. The van der Waals surface area contributed by atoms with Crippen LogP contribution in [0, 0.1) is 5.92 Å². The average Bonchev–Trinajstić information content (AvgIpc) is 3.23. The number of nitrogens with zero attached hydrogens (tertiary/aromatic N) is 3. The zero-order chi connectivity index (χ0) is 49.4. The SMILES string of the molecule is CSCC[C@H](NC(=O)[C@@H](N)C(C)(C)S)C(=O)N1CCCC[C@H]1C(=O)N[C@@H](CCCN=C(N)N)C(=O)N[C@@H](CC(C)C)C(=O)N[C@@H](CCCN=C(N)N)C(=O)NCC(=O)N[C@@H](CS)C(=O)O. The minimum atomic E-state index is -1.32. The molecule has 1 aliphatic rings. The molecule has 1 fully saturated rings. The van der Waals surface area contributed by atoms with E-state index in [4.69, 9.17) is 28.7 Å². The Hall–Kier alpha value is -4.69. The zero-order valence-corrected chi connectivity index (χ0v) is 40.6. The molecule has 7 atom stereocenters. The number of guanidine groups is 2. The maximum Gasteiger partial charge on any atom is 0.327 e. The highest BCUT2D eigenvalue weighted by molar-refractivity contribution is 7.98. The molecule has 23 nitrogen and oxygen atoms in total. The van der Waals surface area contributed by atoms with Crippen molar-refractivity contribution < 1.29 is 43.5 Å². The van der Waals surface area contributed by atoms with Crippen molar-refractivity contribution in [1.29, 1.82) is 0 Å². The maximum absolute atomic E-state index is 14.2. The fraction of sp³-hybridized carbons (Fsp3) is 0.744. The number of thiol groups is 2.